The molecule has 2 N–H and O–H groups in total. The second-order valence-electron chi connectivity index (χ2n) is 7.53. The van der Waals surface area contributed by atoms with Crippen molar-refractivity contribution in [2.24, 2.45) is 0 Å². The maximum absolute atomic E-state index is 11.8. The van der Waals surface area contributed by atoms with Gasteiger partial charge in [0.15, 0.2) is 0 Å². The zero-order valence-corrected chi connectivity index (χ0v) is 19.2. The van der Waals surface area contributed by atoms with E-state index >= 15 is 0 Å². The lowest BCUT2D eigenvalue weighted by Crippen LogP contribution is -2.07. The largest absolute Gasteiger partial charge is 0.478 e. The molecule has 0 fully saturated rings. The van der Waals surface area contributed by atoms with Crippen LogP contribution in [0.15, 0.2) is 36.4 Å². The predicted molar refractivity (Wildman–Crippen MR) is 127 cm³/mol. The third-order valence-electron chi connectivity index (χ3n) is 5.74. The van der Waals surface area contributed by atoms with Crippen molar-refractivity contribution in [3.63, 3.8) is 0 Å². The number of carboxylic acid groups (broad SMARTS) is 2. The van der Waals surface area contributed by atoms with Crippen molar-refractivity contribution in [3.05, 3.63) is 69.1 Å². The minimum Gasteiger partial charge on any atom is -0.478 e. The average Bonchev–Trinajstić information content (AvgIpc) is 3.27. The van der Waals surface area contributed by atoms with Gasteiger partial charge in [-0.3, -0.25) is 0 Å². The van der Waals surface area contributed by atoms with Crippen molar-refractivity contribution in [1.29, 1.82) is 0 Å². The van der Waals surface area contributed by atoms with Gasteiger partial charge < -0.3 is 10.2 Å². The molecule has 1 heterocycles. The van der Waals surface area contributed by atoms with E-state index in [1.807, 2.05) is 32.0 Å². The van der Waals surface area contributed by atoms with Crippen molar-refractivity contribution in [2.75, 3.05) is 0 Å². The van der Waals surface area contributed by atoms with Gasteiger partial charge in [-0.25, -0.2) is 9.59 Å². The average molecular weight is 437 g/mol. The number of hydrogen-bond acceptors (Lipinski definition) is 3. The van der Waals surface area contributed by atoms with Crippen molar-refractivity contribution >= 4 is 23.3 Å². The lowest BCUT2D eigenvalue weighted by atomic mass is 9.88. The molecule has 0 aliphatic carbocycles. The molecule has 0 saturated heterocycles. The Kier molecular flexibility index (Phi) is 6.96. The topological polar surface area (TPSA) is 74.6 Å². The molecule has 2 aromatic carbocycles. The summed E-state index contributed by atoms with van der Waals surface area (Å²) in [4.78, 5) is 24.5. The maximum atomic E-state index is 11.8. The Balaban J connectivity index is 2.22. The number of benzene rings is 2. The zero-order valence-electron chi connectivity index (χ0n) is 18.4. The Bertz CT molecular complexity index is 1090. The van der Waals surface area contributed by atoms with E-state index < -0.39 is 11.9 Å². The highest BCUT2D eigenvalue weighted by molar-refractivity contribution is 7.17. The van der Waals surface area contributed by atoms with Crippen LogP contribution in [-0.2, 0) is 25.7 Å². The standard InChI is InChI=1S/C26H28O4S/c1-5-15-11-19(20-13-17(7-3)24(26(29)30)18(8-4)14-20)12-16(6-2)23(15)21-9-10-22(31-21)25(27)28/h9-14H,5-8H2,1-4H3,(H,27,28)(H,29,30). The lowest BCUT2D eigenvalue weighted by Gasteiger charge is -2.17. The number of carbonyl (C=O) groups is 2. The summed E-state index contributed by atoms with van der Waals surface area (Å²) >= 11 is 1.31. The van der Waals surface area contributed by atoms with E-state index in [9.17, 15) is 19.8 Å². The third kappa shape index (κ3) is 4.42. The molecule has 3 rings (SSSR count). The second kappa shape index (κ2) is 9.48. The molecule has 0 saturated carbocycles. The first-order chi connectivity index (χ1) is 14.8. The molecule has 0 amide bonds. The molecule has 0 spiro atoms. The fourth-order valence-corrected chi connectivity index (χ4v) is 5.12. The Morgan fingerprint density at radius 1 is 0.710 bits per heavy atom. The minimum absolute atomic E-state index is 0.340. The third-order valence-corrected chi connectivity index (χ3v) is 6.83. The van der Waals surface area contributed by atoms with Crippen LogP contribution in [0.5, 0.6) is 0 Å². The summed E-state index contributed by atoms with van der Waals surface area (Å²) in [6, 6.07) is 11.9. The quantitative estimate of drug-likeness (QED) is 0.411. The van der Waals surface area contributed by atoms with E-state index in [2.05, 4.69) is 26.0 Å². The van der Waals surface area contributed by atoms with Crippen LogP contribution in [0.4, 0.5) is 0 Å². The Hall–Kier alpha value is -2.92. The molecule has 0 aliphatic rings. The van der Waals surface area contributed by atoms with E-state index in [4.69, 9.17) is 0 Å². The summed E-state index contributed by atoms with van der Waals surface area (Å²) < 4.78 is 0. The van der Waals surface area contributed by atoms with Gasteiger partial charge >= 0.3 is 11.9 Å². The molecule has 0 atom stereocenters. The molecule has 0 unspecified atom stereocenters. The van der Waals surface area contributed by atoms with Gasteiger partial charge in [0.25, 0.3) is 0 Å². The first kappa shape index (κ1) is 22.8. The van der Waals surface area contributed by atoms with Crippen LogP contribution >= 0.6 is 11.3 Å². The van der Waals surface area contributed by atoms with Crippen molar-refractivity contribution in [2.45, 2.75) is 53.4 Å². The number of rotatable bonds is 8. The molecule has 4 nitrogen and oxygen atoms in total. The molecule has 5 heteroatoms. The van der Waals surface area contributed by atoms with Crippen LogP contribution in [0, 0.1) is 0 Å². The second-order valence-corrected chi connectivity index (χ2v) is 8.61. The highest BCUT2D eigenvalue weighted by Gasteiger charge is 2.19. The molecule has 0 radical (unpaired) electrons. The molecular weight excluding hydrogens is 408 g/mol. The summed E-state index contributed by atoms with van der Waals surface area (Å²) in [6.07, 6.45) is 2.97. The van der Waals surface area contributed by atoms with Crippen LogP contribution in [0.25, 0.3) is 21.6 Å². The molecule has 0 aliphatic heterocycles. The lowest BCUT2D eigenvalue weighted by molar-refractivity contribution is 0.0686. The molecule has 1 aromatic heterocycles. The molecule has 3 aromatic rings. The Morgan fingerprint density at radius 3 is 1.52 bits per heavy atom. The molecule has 0 bridgehead atoms. The summed E-state index contributed by atoms with van der Waals surface area (Å²) in [5.41, 5.74) is 7.72. The number of thiophene rings is 1. The van der Waals surface area contributed by atoms with Crippen molar-refractivity contribution < 1.29 is 19.8 Å². The number of carboxylic acids is 2. The number of hydrogen-bond donors (Lipinski definition) is 2. The van der Waals surface area contributed by atoms with Gasteiger partial charge in [-0.05, 0) is 76.8 Å². The van der Waals surface area contributed by atoms with Gasteiger partial charge in [-0.15, -0.1) is 11.3 Å². The van der Waals surface area contributed by atoms with Crippen LogP contribution in [0.3, 0.4) is 0 Å². The molecular formula is C26H28O4S. The van der Waals surface area contributed by atoms with E-state index in [1.165, 1.54) is 22.5 Å². The van der Waals surface area contributed by atoms with Gasteiger partial charge in [0, 0.05) is 4.88 Å². The highest BCUT2D eigenvalue weighted by Crippen LogP contribution is 2.38. The fraction of sp³-hybridized carbons (Fsp3) is 0.308. The number of aryl methyl sites for hydroxylation is 4. The van der Waals surface area contributed by atoms with Crippen molar-refractivity contribution in [1.82, 2.24) is 0 Å². The normalized spacial score (nSPS) is 11.0. The first-order valence-corrected chi connectivity index (χ1v) is 11.5. The van der Waals surface area contributed by atoms with Crippen LogP contribution in [0.1, 0.15) is 70.0 Å². The minimum atomic E-state index is -0.901. The van der Waals surface area contributed by atoms with Gasteiger partial charge in [-0.1, -0.05) is 52.0 Å². The van der Waals surface area contributed by atoms with Gasteiger partial charge in [0.2, 0.25) is 0 Å². The summed E-state index contributed by atoms with van der Waals surface area (Å²) in [7, 11) is 0. The van der Waals surface area contributed by atoms with E-state index in [0.29, 0.717) is 23.3 Å². The zero-order chi connectivity index (χ0) is 22.7. The molecule has 162 valence electrons. The summed E-state index contributed by atoms with van der Waals surface area (Å²) in [5, 5.41) is 19.0. The van der Waals surface area contributed by atoms with Crippen molar-refractivity contribution in [3.8, 4) is 21.6 Å². The smallest absolute Gasteiger partial charge is 0.345 e. The predicted octanol–water partition coefficient (Wildman–Crippen LogP) is 6.73. The van der Waals surface area contributed by atoms with Crippen LogP contribution in [-0.4, -0.2) is 22.2 Å². The Labute approximate surface area is 187 Å². The van der Waals surface area contributed by atoms with E-state index in [0.717, 1.165) is 45.5 Å². The Morgan fingerprint density at radius 2 is 1.16 bits per heavy atom. The summed E-state index contributed by atoms with van der Waals surface area (Å²) in [5.74, 6) is -1.77. The van der Waals surface area contributed by atoms with Gasteiger partial charge in [0.05, 0.1) is 5.56 Å². The van der Waals surface area contributed by atoms with Crippen LogP contribution < -0.4 is 0 Å². The first-order valence-electron chi connectivity index (χ1n) is 10.7. The fourth-order valence-electron chi connectivity index (χ4n) is 4.16. The van der Waals surface area contributed by atoms with E-state index in [-0.39, 0.29) is 0 Å². The van der Waals surface area contributed by atoms with Gasteiger partial charge in [-0.2, -0.15) is 0 Å². The highest BCUT2D eigenvalue weighted by atomic mass is 32.1. The summed E-state index contributed by atoms with van der Waals surface area (Å²) in [6.45, 7) is 8.19. The monoisotopic (exact) mass is 436 g/mol. The maximum Gasteiger partial charge on any atom is 0.345 e. The van der Waals surface area contributed by atoms with E-state index in [1.54, 1.807) is 6.07 Å². The van der Waals surface area contributed by atoms with Gasteiger partial charge in [0.1, 0.15) is 4.88 Å². The molecule has 31 heavy (non-hydrogen) atoms. The van der Waals surface area contributed by atoms with Crippen LogP contribution in [0.2, 0.25) is 0 Å². The SMILES string of the molecule is CCc1cc(-c2cc(CC)c(-c3ccc(C(=O)O)s3)c(CC)c2)cc(CC)c1C(=O)O. The number of aromatic carboxylic acids is 2.